The van der Waals surface area contributed by atoms with E-state index in [-0.39, 0.29) is 30.7 Å². The van der Waals surface area contributed by atoms with E-state index >= 15 is 0 Å². The van der Waals surface area contributed by atoms with Crippen molar-refractivity contribution in [1.82, 2.24) is 10.2 Å². The number of likely N-dealkylation sites (tertiary alicyclic amines) is 1. The summed E-state index contributed by atoms with van der Waals surface area (Å²) in [6, 6.07) is 6.37. The molecule has 2 rings (SSSR count). The quantitative estimate of drug-likeness (QED) is 0.860. The molecular formula is C16H20ClN3O3. The van der Waals surface area contributed by atoms with E-state index in [0.717, 1.165) is 6.42 Å². The van der Waals surface area contributed by atoms with Crippen LogP contribution in [-0.2, 0) is 14.4 Å². The molecule has 0 saturated carbocycles. The second kappa shape index (κ2) is 7.97. The maximum Gasteiger partial charge on any atom is 0.247 e. The molecule has 0 spiro atoms. The number of carbonyl (C=O) groups is 3. The van der Waals surface area contributed by atoms with Crippen LogP contribution < -0.4 is 10.6 Å². The Balaban J connectivity index is 1.92. The highest BCUT2D eigenvalue weighted by Gasteiger charge is 2.33. The predicted molar refractivity (Wildman–Crippen MR) is 88.1 cm³/mol. The number of amides is 3. The molecule has 1 aliphatic rings. The summed E-state index contributed by atoms with van der Waals surface area (Å²) in [5, 5.41) is 5.99. The highest BCUT2D eigenvalue weighted by molar-refractivity contribution is 6.30. The van der Waals surface area contributed by atoms with E-state index in [4.69, 9.17) is 11.6 Å². The maximum absolute atomic E-state index is 12.4. The van der Waals surface area contributed by atoms with Crippen LogP contribution >= 0.6 is 11.6 Å². The molecule has 23 heavy (non-hydrogen) atoms. The van der Waals surface area contributed by atoms with Gasteiger partial charge in [0.05, 0.1) is 0 Å². The Morgan fingerprint density at radius 1 is 1.26 bits per heavy atom. The van der Waals surface area contributed by atoms with Crippen LogP contribution in [0.25, 0.3) is 0 Å². The second-order valence-corrected chi connectivity index (χ2v) is 5.91. The van der Waals surface area contributed by atoms with Crippen LogP contribution in [-0.4, -0.2) is 41.8 Å². The van der Waals surface area contributed by atoms with E-state index in [1.54, 1.807) is 29.2 Å². The Morgan fingerprint density at radius 3 is 2.61 bits per heavy atom. The molecule has 1 aromatic rings. The van der Waals surface area contributed by atoms with Crippen LogP contribution in [0.4, 0.5) is 5.69 Å². The normalized spacial score (nSPS) is 17.0. The number of anilines is 1. The van der Waals surface area contributed by atoms with Gasteiger partial charge >= 0.3 is 0 Å². The first-order chi connectivity index (χ1) is 11.0. The van der Waals surface area contributed by atoms with Gasteiger partial charge in [0, 0.05) is 37.1 Å². The van der Waals surface area contributed by atoms with Crippen molar-refractivity contribution < 1.29 is 14.4 Å². The molecule has 0 bridgehead atoms. The summed E-state index contributed by atoms with van der Waals surface area (Å²) in [7, 11) is 0. The SMILES string of the molecule is CC(=O)NCCC(=O)N1CCC[C@H]1C(=O)Nc1ccc(Cl)cc1. The summed E-state index contributed by atoms with van der Waals surface area (Å²) in [6.07, 6.45) is 1.64. The third kappa shape index (κ3) is 4.96. The van der Waals surface area contributed by atoms with Crippen LogP contribution in [0.5, 0.6) is 0 Å². The van der Waals surface area contributed by atoms with Crippen molar-refractivity contribution in [3.8, 4) is 0 Å². The molecule has 1 saturated heterocycles. The highest BCUT2D eigenvalue weighted by Crippen LogP contribution is 2.21. The molecule has 1 atom stereocenters. The molecule has 3 amide bonds. The lowest BCUT2D eigenvalue weighted by Gasteiger charge is -2.24. The van der Waals surface area contributed by atoms with E-state index in [9.17, 15) is 14.4 Å². The molecule has 0 aromatic heterocycles. The van der Waals surface area contributed by atoms with Crippen LogP contribution in [0.1, 0.15) is 26.2 Å². The van der Waals surface area contributed by atoms with Crippen molar-refractivity contribution >= 4 is 35.0 Å². The minimum atomic E-state index is -0.462. The number of benzene rings is 1. The minimum absolute atomic E-state index is 0.118. The Hall–Kier alpha value is -2.08. The summed E-state index contributed by atoms with van der Waals surface area (Å²) in [6.45, 7) is 2.26. The predicted octanol–water partition coefficient (Wildman–Crippen LogP) is 1.80. The summed E-state index contributed by atoms with van der Waals surface area (Å²) >= 11 is 5.82. The zero-order valence-electron chi connectivity index (χ0n) is 13.0. The maximum atomic E-state index is 12.4. The van der Waals surface area contributed by atoms with E-state index in [0.29, 0.717) is 23.7 Å². The van der Waals surface area contributed by atoms with Crippen molar-refractivity contribution in [2.45, 2.75) is 32.2 Å². The summed E-state index contributed by atoms with van der Waals surface area (Å²) in [5.41, 5.74) is 0.650. The number of nitrogens with one attached hydrogen (secondary N) is 2. The van der Waals surface area contributed by atoms with Crippen LogP contribution in [0, 0.1) is 0 Å². The molecule has 2 N–H and O–H groups in total. The zero-order chi connectivity index (χ0) is 16.8. The first kappa shape index (κ1) is 17.3. The Labute approximate surface area is 140 Å². The second-order valence-electron chi connectivity index (χ2n) is 5.47. The van der Waals surface area contributed by atoms with Crippen LogP contribution in [0.2, 0.25) is 5.02 Å². The fourth-order valence-electron chi connectivity index (χ4n) is 2.59. The third-order valence-corrected chi connectivity index (χ3v) is 3.95. The van der Waals surface area contributed by atoms with Crippen molar-refractivity contribution in [2.75, 3.05) is 18.4 Å². The number of halogens is 1. The van der Waals surface area contributed by atoms with Gasteiger partial charge in [-0.1, -0.05) is 11.6 Å². The van der Waals surface area contributed by atoms with Crippen molar-refractivity contribution in [3.63, 3.8) is 0 Å². The summed E-state index contributed by atoms with van der Waals surface area (Å²) < 4.78 is 0. The van der Waals surface area contributed by atoms with Crippen molar-refractivity contribution in [2.24, 2.45) is 0 Å². The number of nitrogens with zero attached hydrogens (tertiary/aromatic N) is 1. The number of hydrogen-bond acceptors (Lipinski definition) is 3. The van der Waals surface area contributed by atoms with Crippen molar-refractivity contribution in [3.05, 3.63) is 29.3 Å². The van der Waals surface area contributed by atoms with E-state index in [1.807, 2.05) is 0 Å². The molecule has 0 aliphatic carbocycles. The van der Waals surface area contributed by atoms with Gasteiger partial charge < -0.3 is 15.5 Å². The van der Waals surface area contributed by atoms with Gasteiger partial charge in [-0.05, 0) is 37.1 Å². The number of carbonyl (C=O) groups excluding carboxylic acids is 3. The van der Waals surface area contributed by atoms with Gasteiger partial charge in [-0.2, -0.15) is 0 Å². The van der Waals surface area contributed by atoms with Crippen LogP contribution in [0.15, 0.2) is 24.3 Å². The first-order valence-corrected chi connectivity index (χ1v) is 7.95. The largest absolute Gasteiger partial charge is 0.356 e. The fraction of sp³-hybridized carbons (Fsp3) is 0.438. The lowest BCUT2D eigenvalue weighted by molar-refractivity contribution is -0.136. The molecule has 124 valence electrons. The first-order valence-electron chi connectivity index (χ1n) is 7.57. The standard InChI is InChI=1S/C16H20ClN3O3/c1-11(21)18-9-8-15(22)20-10-2-3-14(20)16(23)19-13-6-4-12(17)5-7-13/h4-7,14H,2-3,8-10H2,1H3,(H,18,21)(H,19,23)/t14-/m0/s1. The molecule has 1 aromatic carbocycles. The highest BCUT2D eigenvalue weighted by atomic mass is 35.5. The molecule has 1 fully saturated rings. The van der Waals surface area contributed by atoms with Gasteiger partial charge in [0.25, 0.3) is 0 Å². The molecule has 0 unspecified atom stereocenters. The number of rotatable bonds is 5. The van der Waals surface area contributed by atoms with Crippen molar-refractivity contribution in [1.29, 1.82) is 0 Å². The number of hydrogen-bond donors (Lipinski definition) is 2. The van der Waals surface area contributed by atoms with E-state index in [2.05, 4.69) is 10.6 Å². The Kier molecular flexibility index (Phi) is 5.98. The lowest BCUT2D eigenvalue weighted by atomic mass is 10.2. The van der Waals surface area contributed by atoms with Gasteiger partial charge in [-0.3, -0.25) is 14.4 Å². The average molecular weight is 338 g/mol. The minimum Gasteiger partial charge on any atom is -0.356 e. The average Bonchev–Trinajstić information content (AvgIpc) is 2.99. The molecule has 7 heteroatoms. The van der Waals surface area contributed by atoms with E-state index < -0.39 is 6.04 Å². The Bertz CT molecular complexity index is 589. The van der Waals surface area contributed by atoms with Crippen LogP contribution in [0.3, 0.4) is 0 Å². The summed E-state index contributed by atoms with van der Waals surface area (Å²) in [4.78, 5) is 37.0. The molecular weight excluding hydrogens is 318 g/mol. The third-order valence-electron chi connectivity index (χ3n) is 3.70. The van der Waals surface area contributed by atoms with Gasteiger partial charge in [0.15, 0.2) is 0 Å². The molecule has 0 radical (unpaired) electrons. The fourth-order valence-corrected chi connectivity index (χ4v) is 2.71. The molecule has 6 nitrogen and oxygen atoms in total. The molecule has 1 aliphatic heterocycles. The van der Waals surface area contributed by atoms with Gasteiger partial charge in [0.1, 0.15) is 6.04 Å². The smallest absolute Gasteiger partial charge is 0.247 e. The topological polar surface area (TPSA) is 78.5 Å². The zero-order valence-corrected chi connectivity index (χ0v) is 13.7. The monoisotopic (exact) mass is 337 g/mol. The summed E-state index contributed by atoms with van der Waals surface area (Å²) in [5.74, 6) is -0.485. The Morgan fingerprint density at radius 2 is 1.96 bits per heavy atom. The lowest BCUT2D eigenvalue weighted by Crippen LogP contribution is -2.44. The van der Waals surface area contributed by atoms with E-state index in [1.165, 1.54) is 6.92 Å². The van der Waals surface area contributed by atoms with Gasteiger partial charge in [-0.25, -0.2) is 0 Å². The van der Waals surface area contributed by atoms with Gasteiger partial charge in [-0.15, -0.1) is 0 Å². The molecule has 1 heterocycles. The van der Waals surface area contributed by atoms with Gasteiger partial charge in [0.2, 0.25) is 17.7 Å².